The predicted molar refractivity (Wildman–Crippen MR) is 87.2 cm³/mol. The van der Waals surface area contributed by atoms with Gasteiger partial charge in [0.2, 0.25) is 5.91 Å². The van der Waals surface area contributed by atoms with Crippen LogP contribution >= 0.6 is 0 Å². The summed E-state index contributed by atoms with van der Waals surface area (Å²) in [5.41, 5.74) is 1.11. The van der Waals surface area contributed by atoms with Crippen LogP contribution in [0, 0.1) is 5.92 Å². The summed E-state index contributed by atoms with van der Waals surface area (Å²) in [6.45, 7) is 4.62. The number of amides is 1. The van der Waals surface area contributed by atoms with Crippen LogP contribution in [0.25, 0.3) is 0 Å². The number of pyridine rings is 1. The second kappa shape index (κ2) is 7.54. The van der Waals surface area contributed by atoms with Gasteiger partial charge >= 0.3 is 0 Å². The molecule has 0 saturated carbocycles. The van der Waals surface area contributed by atoms with Gasteiger partial charge in [-0.05, 0) is 37.3 Å². The SMILES string of the molecule is O=C(C[C@H]1C=CCC1)N1CCCN(Cc2ccccn2)CC1. The highest BCUT2D eigenvalue weighted by molar-refractivity contribution is 5.76. The third-order valence-electron chi connectivity index (χ3n) is 4.60. The molecule has 1 amide bonds. The van der Waals surface area contributed by atoms with Gasteiger partial charge < -0.3 is 4.90 Å². The average molecular weight is 299 g/mol. The lowest BCUT2D eigenvalue weighted by Crippen LogP contribution is -2.35. The normalized spacial score (nSPS) is 22.7. The van der Waals surface area contributed by atoms with Gasteiger partial charge in [0.1, 0.15) is 0 Å². The van der Waals surface area contributed by atoms with Crippen molar-refractivity contribution in [3.8, 4) is 0 Å². The van der Waals surface area contributed by atoms with Gasteiger partial charge in [-0.2, -0.15) is 0 Å². The van der Waals surface area contributed by atoms with Crippen LogP contribution in [0.15, 0.2) is 36.5 Å². The lowest BCUT2D eigenvalue weighted by Gasteiger charge is -2.23. The Morgan fingerprint density at radius 3 is 2.95 bits per heavy atom. The maximum absolute atomic E-state index is 12.4. The van der Waals surface area contributed by atoms with Crippen LogP contribution in [-0.2, 0) is 11.3 Å². The minimum Gasteiger partial charge on any atom is -0.341 e. The molecule has 0 bridgehead atoms. The molecule has 0 aromatic carbocycles. The predicted octanol–water partition coefficient (Wildman–Crippen LogP) is 2.47. The first kappa shape index (κ1) is 15.2. The van der Waals surface area contributed by atoms with Crippen molar-refractivity contribution >= 4 is 5.91 Å². The Labute approximate surface area is 132 Å². The lowest BCUT2D eigenvalue weighted by atomic mass is 10.0. The van der Waals surface area contributed by atoms with E-state index >= 15 is 0 Å². The van der Waals surface area contributed by atoms with E-state index in [1.165, 1.54) is 0 Å². The maximum atomic E-state index is 12.4. The third-order valence-corrected chi connectivity index (χ3v) is 4.60. The van der Waals surface area contributed by atoms with E-state index in [0.29, 0.717) is 18.2 Å². The fraction of sp³-hybridized carbons (Fsp3) is 0.556. The topological polar surface area (TPSA) is 36.4 Å². The van der Waals surface area contributed by atoms with Gasteiger partial charge in [0, 0.05) is 45.3 Å². The summed E-state index contributed by atoms with van der Waals surface area (Å²) in [6, 6.07) is 6.05. The molecule has 1 aromatic rings. The number of carbonyl (C=O) groups is 1. The second-order valence-electron chi connectivity index (χ2n) is 6.30. The molecule has 2 aliphatic rings. The van der Waals surface area contributed by atoms with Crippen molar-refractivity contribution in [3.63, 3.8) is 0 Å². The Hall–Kier alpha value is -1.68. The van der Waals surface area contributed by atoms with Crippen molar-refractivity contribution < 1.29 is 4.79 Å². The van der Waals surface area contributed by atoms with Crippen LogP contribution in [0.5, 0.6) is 0 Å². The van der Waals surface area contributed by atoms with Crippen molar-refractivity contribution in [1.82, 2.24) is 14.8 Å². The molecule has 1 aliphatic carbocycles. The summed E-state index contributed by atoms with van der Waals surface area (Å²) in [5.74, 6) is 0.802. The van der Waals surface area contributed by atoms with E-state index in [1.54, 1.807) is 0 Å². The van der Waals surface area contributed by atoms with Gasteiger partial charge in [0.25, 0.3) is 0 Å². The number of hydrogen-bond donors (Lipinski definition) is 0. The summed E-state index contributed by atoms with van der Waals surface area (Å²) in [6.07, 6.45) is 10.3. The van der Waals surface area contributed by atoms with Gasteiger partial charge in [-0.25, -0.2) is 0 Å². The smallest absolute Gasteiger partial charge is 0.223 e. The molecule has 1 atom stereocenters. The summed E-state index contributed by atoms with van der Waals surface area (Å²) in [4.78, 5) is 21.3. The molecule has 0 spiro atoms. The van der Waals surface area contributed by atoms with Crippen LogP contribution in [0.4, 0.5) is 0 Å². The van der Waals surface area contributed by atoms with E-state index in [9.17, 15) is 4.79 Å². The molecule has 118 valence electrons. The highest BCUT2D eigenvalue weighted by atomic mass is 16.2. The van der Waals surface area contributed by atoms with E-state index in [4.69, 9.17) is 0 Å². The first-order valence-electron chi connectivity index (χ1n) is 8.38. The minimum atomic E-state index is 0.330. The van der Waals surface area contributed by atoms with Crippen LogP contribution < -0.4 is 0 Å². The number of carbonyl (C=O) groups excluding carboxylic acids is 1. The van der Waals surface area contributed by atoms with Gasteiger partial charge in [-0.15, -0.1) is 0 Å². The number of nitrogens with zero attached hydrogens (tertiary/aromatic N) is 3. The first-order valence-corrected chi connectivity index (χ1v) is 8.38. The molecule has 0 radical (unpaired) electrons. The molecule has 1 aliphatic heterocycles. The van der Waals surface area contributed by atoms with E-state index in [2.05, 4.69) is 33.0 Å². The van der Waals surface area contributed by atoms with Crippen molar-refractivity contribution in [3.05, 3.63) is 42.2 Å². The second-order valence-corrected chi connectivity index (χ2v) is 6.30. The number of allylic oxidation sites excluding steroid dienone is 2. The van der Waals surface area contributed by atoms with Crippen molar-refractivity contribution in [1.29, 1.82) is 0 Å². The monoisotopic (exact) mass is 299 g/mol. The zero-order valence-corrected chi connectivity index (χ0v) is 13.2. The maximum Gasteiger partial charge on any atom is 0.223 e. The van der Waals surface area contributed by atoms with Gasteiger partial charge in [0.05, 0.1) is 5.69 Å². The highest BCUT2D eigenvalue weighted by Crippen LogP contribution is 2.21. The van der Waals surface area contributed by atoms with Crippen molar-refractivity contribution in [2.75, 3.05) is 26.2 Å². The molecule has 2 heterocycles. The molecule has 3 rings (SSSR count). The molecular weight excluding hydrogens is 274 g/mol. The molecule has 1 saturated heterocycles. The Morgan fingerprint density at radius 2 is 2.18 bits per heavy atom. The van der Waals surface area contributed by atoms with E-state index in [1.807, 2.05) is 18.3 Å². The first-order chi connectivity index (χ1) is 10.8. The fourth-order valence-corrected chi connectivity index (χ4v) is 3.32. The third kappa shape index (κ3) is 4.17. The largest absolute Gasteiger partial charge is 0.341 e. The van der Waals surface area contributed by atoms with Gasteiger partial charge in [-0.1, -0.05) is 18.2 Å². The minimum absolute atomic E-state index is 0.330. The molecular formula is C18H25N3O. The van der Waals surface area contributed by atoms with Crippen LogP contribution in [-0.4, -0.2) is 46.9 Å². The summed E-state index contributed by atoms with van der Waals surface area (Å²) >= 11 is 0. The Kier molecular flexibility index (Phi) is 5.22. The molecule has 1 fully saturated rings. The molecule has 22 heavy (non-hydrogen) atoms. The van der Waals surface area contributed by atoms with E-state index in [-0.39, 0.29) is 0 Å². The molecule has 0 N–H and O–H groups in total. The summed E-state index contributed by atoms with van der Waals surface area (Å²) in [7, 11) is 0. The number of aromatic nitrogens is 1. The zero-order valence-electron chi connectivity index (χ0n) is 13.2. The van der Waals surface area contributed by atoms with Crippen LogP contribution in [0.2, 0.25) is 0 Å². The zero-order chi connectivity index (χ0) is 15.2. The van der Waals surface area contributed by atoms with E-state index in [0.717, 1.165) is 57.7 Å². The molecule has 0 unspecified atom stereocenters. The number of rotatable bonds is 4. The molecule has 4 heteroatoms. The summed E-state index contributed by atoms with van der Waals surface area (Å²) < 4.78 is 0. The standard InChI is InChI=1S/C18H25N3O/c22-18(14-16-6-1-2-7-16)21-11-5-10-20(12-13-21)15-17-8-3-4-9-19-17/h1,3-4,6,8-9,16H,2,5,7,10-15H2/t16-/m0/s1. The lowest BCUT2D eigenvalue weighted by molar-refractivity contribution is -0.131. The summed E-state index contributed by atoms with van der Waals surface area (Å²) in [5, 5.41) is 0. The van der Waals surface area contributed by atoms with Crippen molar-refractivity contribution in [2.45, 2.75) is 32.2 Å². The van der Waals surface area contributed by atoms with Gasteiger partial charge in [0.15, 0.2) is 0 Å². The van der Waals surface area contributed by atoms with Crippen LogP contribution in [0.1, 0.15) is 31.4 Å². The average Bonchev–Trinajstić information content (AvgIpc) is 2.93. The Bertz CT molecular complexity index is 514. The quantitative estimate of drug-likeness (QED) is 0.801. The van der Waals surface area contributed by atoms with Gasteiger partial charge in [-0.3, -0.25) is 14.7 Å². The molecule has 4 nitrogen and oxygen atoms in total. The Morgan fingerprint density at radius 1 is 1.23 bits per heavy atom. The Balaban J connectivity index is 1.49. The molecule has 1 aromatic heterocycles. The van der Waals surface area contributed by atoms with E-state index < -0.39 is 0 Å². The van der Waals surface area contributed by atoms with Crippen LogP contribution in [0.3, 0.4) is 0 Å². The fourth-order valence-electron chi connectivity index (χ4n) is 3.32. The number of hydrogen-bond acceptors (Lipinski definition) is 3. The van der Waals surface area contributed by atoms with Crippen molar-refractivity contribution in [2.24, 2.45) is 5.92 Å². The highest BCUT2D eigenvalue weighted by Gasteiger charge is 2.22.